The second kappa shape index (κ2) is 2.02. The lowest BCUT2D eigenvalue weighted by atomic mass is 10.1. The standard InChI is InChI=1S/C11H18/c1-7-4-9(7)5-10-6-11(10)8-2-3-8/h7-11H,2-6H2,1H3. The highest BCUT2D eigenvalue weighted by Gasteiger charge is 2.49. The molecule has 4 atom stereocenters. The van der Waals surface area contributed by atoms with E-state index in [9.17, 15) is 0 Å². The van der Waals surface area contributed by atoms with Crippen molar-refractivity contribution in [1.29, 1.82) is 0 Å². The molecule has 0 saturated heterocycles. The predicted octanol–water partition coefficient (Wildman–Crippen LogP) is 3.08. The van der Waals surface area contributed by atoms with E-state index in [-0.39, 0.29) is 0 Å². The Morgan fingerprint density at radius 2 is 1.82 bits per heavy atom. The van der Waals surface area contributed by atoms with Gasteiger partial charge in [-0.1, -0.05) is 6.92 Å². The molecule has 0 aromatic heterocycles. The molecule has 0 amide bonds. The number of hydrogen-bond acceptors (Lipinski definition) is 0. The van der Waals surface area contributed by atoms with Gasteiger partial charge >= 0.3 is 0 Å². The molecule has 3 aliphatic rings. The van der Waals surface area contributed by atoms with Gasteiger partial charge in [-0.2, -0.15) is 0 Å². The Morgan fingerprint density at radius 1 is 1.09 bits per heavy atom. The van der Waals surface area contributed by atoms with Gasteiger partial charge in [0, 0.05) is 0 Å². The van der Waals surface area contributed by atoms with Crippen LogP contribution in [-0.2, 0) is 0 Å². The molecule has 11 heavy (non-hydrogen) atoms. The van der Waals surface area contributed by atoms with Gasteiger partial charge in [0.1, 0.15) is 0 Å². The first kappa shape index (κ1) is 6.51. The van der Waals surface area contributed by atoms with Gasteiger partial charge in [0.25, 0.3) is 0 Å². The molecule has 3 aliphatic carbocycles. The summed E-state index contributed by atoms with van der Waals surface area (Å²) < 4.78 is 0. The van der Waals surface area contributed by atoms with E-state index in [0.29, 0.717) is 0 Å². The van der Waals surface area contributed by atoms with Crippen LogP contribution >= 0.6 is 0 Å². The topological polar surface area (TPSA) is 0 Å². The van der Waals surface area contributed by atoms with Crippen LogP contribution < -0.4 is 0 Å². The molecular weight excluding hydrogens is 132 g/mol. The largest absolute Gasteiger partial charge is 0.0622 e. The van der Waals surface area contributed by atoms with Crippen LogP contribution in [-0.4, -0.2) is 0 Å². The fourth-order valence-electron chi connectivity index (χ4n) is 2.76. The van der Waals surface area contributed by atoms with Crippen molar-refractivity contribution >= 4 is 0 Å². The minimum Gasteiger partial charge on any atom is -0.0622 e. The van der Waals surface area contributed by atoms with Crippen LogP contribution in [0.4, 0.5) is 0 Å². The Bertz CT molecular complexity index is 169. The summed E-state index contributed by atoms with van der Waals surface area (Å²) in [6.07, 6.45) is 7.90. The van der Waals surface area contributed by atoms with Gasteiger partial charge in [-0.05, 0) is 61.7 Å². The lowest BCUT2D eigenvalue weighted by Gasteiger charge is -1.95. The van der Waals surface area contributed by atoms with Crippen molar-refractivity contribution in [3.63, 3.8) is 0 Å². The van der Waals surface area contributed by atoms with Gasteiger partial charge in [-0.25, -0.2) is 0 Å². The van der Waals surface area contributed by atoms with Crippen LogP contribution in [0.2, 0.25) is 0 Å². The monoisotopic (exact) mass is 150 g/mol. The first-order valence-electron chi connectivity index (χ1n) is 5.34. The maximum Gasteiger partial charge on any atom is -0.0354 e. The van der Waals surface area contributed by atoms with E-state index in [1.807, 2.05) is 0 Å². The summed E-state index contributed by atoms with van der Waals surface area (Å²) in [5.74, 6) is 5.86. The normalized spacial score (nSPS) is 54.3. The van der Waals surface area contributed by atoms with E-state index in [2.05, 4.69) is 6.92 Å². The van der Waals surface area contributed by atoms with Crippen molar-refractivity contribution in [1.82, 2.24) is 0 Å². The summed E-state index contributed by atoms with van der Waals surface area (Å²) in [4.78, 5) is 0. The highest BCUT2D eigenvalue weighted by atomic mass is 14.5. The first-order chi connectivity index (χ1) is 5.34. The minimum absolute atomic E-state index is 1.09. The molecule has 3 fully saturated rings. The van der Waals surface area contributed by atoms with E-state index in [4.69, 9.17) is 0 Å². The average molecular weight is 150 g/mol. The molecular formula is C11H18. The van der Waals surface area contributed by atoms with Crippen molar-refractivity contribution in [2.45, 2.75) is 39.0 Å². The summed E-state index contributed by atoms with van der Waals surface area (Å²) in [7, 11) is 0. The molecule has 62 valence electrons. The Labute approximate surface area is 69.4 Å². The maximum atomic E-state index is 2.42. The molecule has 4 unspecified atom stereocenters. The van der Waals surface area contributed by atoms with Crippen molar-refractivity contribution < 1.29 is 0 Å². The zero-order valence-electron chi connectivity index (χ0n) is 7.42. The highest BCUT2D eigenvalue weighted by Crippen LogP contribution is 2.59. The first-order valence-corrected chi connectivity index (χ1v) is 5.34. The maximum absolute atomic E-state index is 2.42. The van der Waals surface area contributed by atoms with E-state index >= 15 is 0 Å². The molecule has 0 heteroatoms. The van der Waals surface area contributed by atoms with Gasteiger partial charge in [0.05, 0.1) is 0 Å². The highest BCUT2D eigenvalue weighted by molar-refractivity contribution is 4.99. The fourth-order valence-corrected chi connectivity index (χ4v) is 2.76. The summed E-state index contributed by atoms with van der Waals surface area (Å²) in [6.45, 7) is 2.42. The van der Waals surface area contributed by atoms with Crippen LogP contribution in [0.1, 0.15) is 39.0 Å². The van der Waals surface area contributed by atoms with Crippen molar-refractivity contribution in [3.05, 3.63) is 0 Å². The molecule has 0 bridgehead atoms. The molecule has 0 aliphatic heterocycles. The lowest BCUT2D eigenvalue weighted by Crippen LogP contribution is -1.87. The van der Waals surface area contributed by atoms with E-state index < -0.39 is 0 Å². The zero-order valence-corrected chi connectivity index (χ0v) is 7.42. The fraction of sp³-hybridized carbons (Fsp3) is 1.00. The average Bonchev–Trinajstić information content (AvgIpc) is 2.72. The Hall–Kier alpha value is 0. The summed E-state index contributed by atoms with van der Waals surface area (Å²) in [6, 6.07) is 0. The van der Waals surface area contributed by atoms with Gasteiger partial charge in [-0.15, -0.1) is 0 Å². The number of hydrogen-bond donors (Lipinski definition) is 0. The van der Waals surface area contributed by atoms with Crippen molar-refractivity contribution in [3.8, 4) is 0 Å². The zero-order chi connectivity index (χ0) is 7.42. The van der Waals surface area contributed by atoms with Gasteiger partial charge in [-0.3, -0.25) is 0 Å². The van der Waals surface area contributed by atoms with Gasteiger partial charge in [0.2, 0.25) is 0 Å². The van der Waals surface area contributed by atoms with Crippen LogP contribution in [0, 0.1) is 29.6 Å². The molecule has 3 saturated carbocycles. The summed E-state index contributed by atoms with van der Waals surface area (Å²) in [5.41, 5.74) is 0. The Balaban J connectivity index is 1.45. The van der Waals surface area contributed by atoms with Crippen LogP contribution in [0.5, 0.6) is 0 Å². The third kappa shape index (κ3) is 1.21. The molecule has 0 N–H and O–H groups in total. The minimum atomic E-state index is 1.09. The van der Waals surface area contributed by atoms with E-state index in [1.54, 1.807) is 32.1 Å². The molecule has 3 rings (SSSR count). The van der Waals surface area contributed by atoms with Gasteiger partial charge < -0.3 is 0 Å². The van der Waals surface area contributed by atoms with E-state index in [0.717, 1.165) is 11.8 Å². The molecule has 0 aromatic carbocycles. The van der Waals surface area contributed by atoms with Crippen molar-refractivity contribution in [2.75, 3.05) is 0 Å². The molecule has 0 heterocycles. The predicted molar refractivity (Wildman–Crippen MR) is 46.2 cm³/mol. The van der Waals surface area contributed by atoms with Crippen LogP contribution in [0.3, 0.4) is 0 Å². The van der Waals surface area contributed by atoms with Crippen LogP contribution in [0.25, 0.3) is 0 Å². The Morgan fingerprint density at radius 3 is 2.36 bits per heavy atom. The van der Waals surface area contributed by atoms with Crippen molar-refractivity contribution in [2.24, 2.45) is 29.6 Å². The molecule has 0 aromatic rings. The van der Waals surface area contributed by atoms with E-state index in [1.165, 1.54) is 17.8 Å². The molecule has 0 nitrogen and oxygen atoms in total. The third-order valence-corrected chi connectivity index (χ3v) is 4.09. The smallest absolute Gasteiger partial charge is 0.0354 e. The SMILES string of the molecule is CC1CC1CC1CC1C1CC1. The third-order valence-electron chi connectivity index (χ3n) is 4.09. The van der Waals surface area contributed by atoms with Crippen LogP contribution in [0.15, 0.2) is 0 Å². The molecule has 0 radical (unpaired) electrons. The number of rotatable bonds is 3. The summed E-state index contributed by atoms with van der Waals surface area (Å²) >= 11 is 0. The summed E-state index contributed by atoms with van der Waals surface area (Å²) in [5, 5.41) is 0. The van der Waals surface area contributed by atoms with Gasteiger partial charge in [0.15, 0.2) is 0 Å². The Kier molecular flexibility index (Phi) is 1.20. The second-order valence-corrected chi connectivity index (χ2v) is 5.21. The molecule has 0 spiro atoms. The lowest BCUT2D eigenvalue weighted by molar-refractivity contribution is 0.544. The quantitative estimate of drug-likeness (QED) is 0.580. The second-order valence-electron chi connectivity index (χ2n) is 5.21.